The molecule has 2 heterocycles. The molecule has 22 heavy (non-hydrogen) atoms. The molecule has 0 saturated heterocycles. The highest BCUT2D eigenvalue weighted by Crippen LogP contribution is 2.28. The largest absolute Gasteiger partial charge is 0.382 e. The summed E-state index contributed by atoms with van der Waals surface area (Å²) in [5.74, 6) is 0.408. The van der Waals surface area contributed by atoms with Crippen LogP contribution in [0.25, 0.3) is 10.9 Å². The number of carbonyl (C=O) groups excluding carboxylic acids is 1. The molecule has 2 aromatic heterocycles. The number of rotatable bonds is 1. The van der Waals surface area contributed by atoms with Gasteiger partial charge >= 0.3 is 0 Å². The van der Waals surface area contributed by atoms with Crippen molar-refractivity contribution >= 4 is 22.6 Å². The summed E-state index contributed by atoms with van der Waals surface area (Å²) in [7, 11) is 0. The number of aryl methyl sites for hydroxylation is 1. The van der Waals surface area contributed by atoms with Crippen molar-refractivity contribution in [3.63, 3.8) is 0 Å². The molecular weight excluding hydrogens is 276 g/mol. The lowest BCUT2D eigenvalue weighted by atomic mass is 9.97. The number of hydrogen-bond donors (Lipinski definition) is 2. The van der Waals surface area contributed by atoms with Crippen LogP contribution in [0.2, 0.25) is 0 Å². The molecule has 112 valence electrons. The van der Waals surface area contributed by atoms with Crippen LogP contribution >= 0.6 is 0 Å². The van der Waals surface area contributed by atoms with Crippen LogP contribution in [0.5, 0.6) is 0 Å². The monoisotopic (exact) mass is 294 g/mol. The Morgan fingerprint density at radius 1 is 1.27 bits per heavy atom. The van der Waals surface area contributed by atoms with Gasteiger partial charge in [0.1, 0.15) is 5.82 Å². The number of aromatic nitrogens is 3. The molecule has 0 aliphatic heterocycles. The number of aromatic amines is 1. The van der Waals surface area contributed by atoms with E-state index in [0.717, 1.165) is 53.5 Å². The van der Waals surface area contributed by atoms with Gasteiger partial charge in [0, 0.05) is 22.2 Å². The van der Waals surface area contributed by atoms with Crippen LogP contribution in [0.1, 0.15) is 40.2 Å². The molecule has 3 aromatic rings. The van der Waals surface area contributed by atoms with Gasteiger partial charge in [0.15, 0.2) is 0 Å². The summed E-state index contributed by atoms with van der Waals surface area (Å²) < 4.78 is 1.52. The highest BCUT2D eigenvalue weighted by molar-refractivity contribution is 6.09. The van der Waals surface area contributed by atoms with Gasteiger partial charge in [-0.1, -0.05) is 18.2 Å². The topological polar surface area (TPSA) is 76.7 Å². The minimum atomic E-state index is -0.0928. The maximum Gasteiger partial charge on any atom is 0.280 e. The lowest BCUT2D eigenvalue weighted by molar-refractivity contribution is 0.0942. The predicted octanol–water partition coefficient (Wildman–Crippen LogP) is 2.82. The van der Waals surface area contributed by atoms with E-state index >= 15 is 0 Å². The lowest BCUT2D eigenvalue weighted by Crippen LogP contribution is -2.19. The maximum absolute atomic E-state index is 13.1. The van der Waals surface area contributed by atoms with Crippen LogP contribution in [0, 0.1) is 6.92 Å². The fourth-order valence-corrected chi connectivity index (χ4v) is 3.45. The van der Waals surface area contributed by atoms with Crippen LogP contribution in [-0.4, -0.2) is 20.7 Å². The Morgan fingerprint density at radius 2 is 2.05 bits per heavy atom. The summed E-state index contributed by atoms with van der Waals surface area (Å²) in [6.45, 7) is 1.92. The molecule has 4 rings (SSSR count). The number of nitrogens with zero attached hydrogens (tertiary/aromatic N) is 2. The van der Waals surface area contributed by atoms with Crippen molar-refractivity contribution in [2.45, 2.75) is 32.6 Å². The fraction of sp³-hybridized carbons (Fsp3) is 0.294. The first-order valence-corrected chi connectivity index (χ1v) is 7.65. The summed E-state index contributed by atoms with van der Waals surface area (Å²) in [5.41, 5.74) is 10.6. The van der Waals surface area contributed by atoms with E-state index in [1.165, 1.54) is 4.68 Å². The first kappa shape index (κ1) is 13.1. The molecule has 0 bridgehead atoms. The zero-order valence-corrected chi connectivity index (χ0v) is 12.5. The van der Waals surface area contributed by atoms with E-state index in [4.69, 9.17) is 5.73 Å². The normalized spacial score (nSPS) is 14.2. The molecule has 5 nitrogen and oxygen atoms in total. The highest BCUT2D eigenvalue weighted by Gasteiger charge is 2.25. The second-order valence-corrected chi connectivity index (χ2v) is 5.91. The third-order valence-electron chi connectivity index (χ3n) is 4.51. The number of H-pyrrole nitrogens is 1. The number of nitrogen functional groups attached to an aromatic ring is 1. The zero-order chi connectivity index (χ0) is 15.3. The minimum absolute atomic E-state index is 0.0928. The molecule has 1 aliphatic rings. The number of nitrogens with one attached hydrogen (secondary N) is 1. The molecule has 0 fully saturated rings. The van der Waals surface area contributed by atoms with Gasteiger partial charge in [0.05, 0.1) is 11.3 Å². The van der Waals surface area contributed by atoms with Crippen molar-refractivity contribution < 1.29 is 4.79 Å². The standard InChI is InChI=1S/C17H18N4O/c1-10-15(11-6-2-4-8-13(11)19-10)17(22)21-14-9-5-3-7-12(14)16(18)20-21/h2,4,6,8,19H,3,5,7,9H2,1H3,(H2,18,20). The van der Waals surface area contributed by atoms with Crippen molar-refractivity contribution in [2.24, 2.45) is 0 Å². The SMILES string of the molecule is Cc1[nH]c2ccccc2c1C(=O)n1nc(N)c2c1CCCC2. The number of nitrogens with two attached hydrogens (primary N) is 1. The summed E-state index contributed by atoms with van der Waals surface area (Å²) in [4.78, 5) is 16.3. The van der Waals surface area contributed by atoms with Gasteiger partial charge in [-0.15, -0.1) is 5.10 Å². The molecule has 0 radical (unpaired) electrons. The molecule has 0 spiro atoms. The number of fused-ring (bicyclic) bond motifs is 2. The molecule has 0 unspecified atom stereocenters. The summed E-state index contributed by atoms with van der Waals surface area (Å²) in [5, 5.41) is 5.26. The molecular formula is C17H18N4O. The molecule has 0 atom stereocenters. The van der Waals surface area contributed by atoms with Gasteiger partial charge in [0.25, 0.3) is 5.91 Å². The van der Waals surface area contributed by atoms with E-state index in [-0.39, 0.29) is 5.91 Å². The second-order valence-electron chi connectivity index (χ2n) is 5.91. The summed E-state index contributed by atoms with van der Waals surface area (Å²) in [6.07, 6.45) is 3.98. The van der Waals surface area contributed by atoms with E-state index in [1.54, 1.807) is 0 Å². The molecule has 5 heteroatoms. The number of carbonyl (C=O) groups is 1. The van der Waals surface area contributed by atoms with E-state index < -0.39 is 0 Å². The maximum atomic E-state index is 13.1. The Morgan fingerprint density at radius 3 is 2.91 bits per heavy atom. The van der Waals surface area contributed by atoms with Gasteiger partial charge in [-0.25, -0.2) is 0 Å². The van der Waals surface area contributed by atoms with E-state index in [0.29, 0.717) is 11.4 Å². The molecule has 1 aliphatic carbocycles. The quantitative estimate of drug-likeness (QED) is 0.724. The van der Waals surface area contributed by atoms with Crippen molar-refractivity contribution in [3.8, 4) is 0 Å². The van der Waals surface area contributed by atoms with Crippen molar-refractivity contribution in [2.75, 3.05) is 5.73 Å². The van der Waals surface area contributed by atoms with Gasteiger partial charge in [0.2, 0.25) is 0 Å². The Labute approximate surface area is 128 Å². The Hall–Kier alpha value is -2.56. The Balaban J connectivity index is 1.90. The molecule has 0 saturated carbocycles. The van der Waals surface area contributed by atoms with Gasteiger partial charge in [-0.2, -0.15) is 4.68 Å². The van der Waals surface area contributed by atoms with E-state index in [1.807, 2.05) is 31.2 Å². The number of anilines is 1. The Bertz CT molecular complexity index is 888. The average Bonchev–Trinajstić information content (AvgIpc) is 3.04. The van der Waals surface area contributed by atoms with Crippen molar-refractivity contribution in [3.05, 3.63) is 46.8 Å². The first-order valence-electron chi connectivity index (χ1n) is 7.65. The first-order chi connectivity index (χ1) is 10.7. The zero-order valence-electron chi connectivity index (χ0n) is 12.5. The van der Waals surface area contributed by atoms with Crippen LogP contribution in [-0.2, 0) is 12.8 Å². The Kier molecular flexibility index (Phi) is 2.82. The van der Waals surface area contributed by atoms with Crippen LogP contribution < -0.4 is 5.73 Å². The fourth-order valence-electron chi connectivity index (χ4n) is 3.45. The molecule has 3 N–H and O–H groups in total. The number of benzene rings is 1. The molecule has 0 amide bonds. The van der Waals surface area contributed by atoms with Gasteiger partial charge in [-0.05, 0) is 38.7 Å². The lowest BCUT2D eigenvalue weighted by Gasteiger charge is -2.13. The highest BCUT2D eigenvalue weighted by atomic mass is 16.2. The number of para-hydroxylation sites is 1. The minimum Gasteiger partial charge on any atom is -0.382 e. The van der Waals surface area contributed by atoms with Crippen LogP contribution in [0.3, 0.4) is 0 Å². The third kappa shape index (κ3) is 1.78. The van der Waals surface area contributed by atoms with Crippen LogP contribution in [0.4, 0.5) is 5.82 Å². The average molecular weight is 294 g/mol. The summed E-state index contributed by atoms with van der Waals surface area (Å²) >= 11 is 0. The van der Waals surface area contributed by atoms with Gasteiger partial charge in [-0.3, -0.25) is 4.79 Å². The van der Waals surface area contributed by atoms with Crippen LogP contribution in [0.15, 0.2) is 24.3 Å². The molecule has 1 aromatic carbocycles. The van der Waals surface area contributed by atoms with E-state index in [9.17, 15) is 4.79 Å². The second kappa shape index (κ2) is 4.73. The van der Waals surface area contributed by atoms with Gasteiger partial charge < -0.3 is 10.7 Å². The number of hydrogen-bond acceptors (Lipinski definition) is 3. The van der Waals surface area contributed by atoms with Crippen molar-refractivity contribution in [1.29, 1.82) is 0 Å². The van der Waals surface area contributed by atoms with Crippen molar-refractivity contribution in [1.82, 2.24) is 14.8 Å². The third-order valence-corrected chi connectivity index (χ3v) is 4.51. The summed E-state index contributed by atoms with van der Waals surface area (Å²) in [6, 6.07) is 7.84. The van der Waals surface area contributed by atoms with E-state index in [2.05, 4.69) is 10.1 Å². The smallest absolute Gasteiger partial charge is 0.280 e. The predicted molar refractivity (Wildman–Crippen MR) is 86.0 cm³/mol.